The number of nitrogens with one attached hydrogen (secondary N) is 2. The van der Waals surface area contributed by atoms with Crippen LogP contribution in [0.2, 0.25) is 0 Å². The van der Waals surface area contributed by atoms with Gasteiger partial charge in [-0.2, -0.15) is 0 Å². The predicted octanol–water partition coefficient (Wildman–Crippen LogP) is 3.54. The van der Waals surface area contributed by atoms with Crippen LogP contribution in [0, 0.1) is 0 Å². The quantitative estimate of drug-likeness (QED) is 0.354. The molecule has 0 radical (unpaired) electrons. The molecule has 1 saturated carbocycles. The number of guanidine groups is 1. The molecular weight excluding hydrogens is 487 g/mol. The first-order chi connectivity index (χ1) is 13.0. The van der Waals surface area contributed by atoms with Crippen LogP contribution in [0.4, 0.5) is 0 Å². The van der Waals surface area contributed by atoms with Crippen LogP contribution in [0.5, 0.6) is 0 Å². The number of thiophene rings is 1. The van der Waals surface area contributed by atoms with Crippen LogP contribution in [0.1, 0.15) is 56.4 Å². The molecule has 2 atom stereocenters. The number of ether oxygens (including phenoxy) is 1. The third kappa shape index (κ3) is 6.32. The van der Waals surface area contributed by atoms with Gasteiger partial charge in [-0.05, 0) is 44.1 Å². The monoisotopic (exact) mass is 520 g/mol. The Morgan fingerprint density at radius 1 is 1.43 bits per heavy atom. The van der Waals surface area contributed by atoms with Crippen molar-refractivity contribution < 1.29 is 9.53 Å². The van der Waals surface area contributed by atoms with Crippen LogP contribution in [0.15, 0.2) is 22.5 Å². The number of carbonyl (C=O) groups is 1. The minimum atomic E-state index is -0.000817. The van der Waals surface area contributed by atoms with E-state index in [4.69, 9.17) is 4.74 Å². The fourth-order valence-electron chi connectivity index (χ4n) is 3.95. The summed E-state index contributed by atoms with van der Waals surface area (Å²) >= 11 is 1.72. The highest BCUT2D eigenvalue weighted by atomic mass is 127. The van der Waals surface area contributed by atoms with E-state index in [1.54, 1.807) is 30.3 Å². The molecule has 28 heavy (non-hydrogen) atoms. The molecule has 2 aliphatic rings. The maximum atomic E-state index is 12.0. The Bertz CT molecular complexity index is 645. The number of carbonyl (C=O) groups excluding carboxylic acids is 1. The van der Waals surface area contributed by atoms with Crippen LogP contribution in [0.3, 0.4) is 0 Å². The Morgan fingerprint density at radius 3 is 2.82 bits per heavy atom. The third-order valence-electron chi connectivity index (χ3n) is 5.54. The highest BCUT2D eigenvalue weighted by Gasteiger charge is 2.40. The number of rotatable bonds is 5. The molecule has 1 aromatic heterocycles. The second-order valence-corrected chi connectivity index (χ2v) is 8.89. The number of nitrogens with zero attached hydrogens (tertiary/aromatic N) is 2. The van der Waals surface area contributed by atoms with E-state index in [-0.39, 0.29) is 48.1 Å². The molecule has 2 heterocycles. The Labute approximate surface area is 189 Å². The molecule has 1 aliphatic heterocycles. The first-order valence-corrected chi connectivity index (χ1v) is 10.8. The van der Waals surface area contributed by atoms with Crippen molar-refractivity contribution in [2.75, 3.05) is 27.2 Å². The fourth-order valence-corrected chi connectivity index (χ4v) is 4.68. The summed E-state index contributed by atoms with van der Waals surface area (Å²) in [5.74, 6) is 0.713. The molecule has 2 N–H and O–H groups in total. The largest absolute Gasteiger partial charge is 0.375 e. The predicted molar refractivity (Wildman–Crippen MR) is 126 cm³/mol. The van der Waals surface area contributed by atoms with Crippen LogP contribution in [0.25, 0.3) is 0 Å². The lowest BCUT2D eigenvalue weighted by Gasteiger charge is -2.39. The lowest BCUT2D eigenvalue weighted by molar-refractivity contribution is -0.127. The van der Waals surface area contributed by atoms with Gasteiger partial charge in [0.2, 0.25) is 5.91 Å². The maximum absolute atomic E-state index is 12.0. The minimum absolute atomic E-state index is 0. The van der Waals surface area contributed by atoms with Gasteiger partial charge in [0.25, 0.3) is 0 Å². The number of halogens is 1. The molecule has 1 aliphatic carbocycles. The second kappa shape index (κ2) is 10.8. The van der Waals surface area contributed by atoms with Gasteiger partial charge in [-0.3, -0.25) is 4.79 Å². The first kappa shape index (κ1) is 23.4. The Hall–Kier alpha value is -0.870. The number of hydrogen-bond donors (Lipinski definition) is 2. The summed E-state index contributed by atoms with van der Waals surface area (Å²) in [6.07, 6.45) is 6.84. The molecule has 1 aromatic rings. The van der Waals surface area contributed by atoms with Gasteiger partial charge in [0, 0.05) is 31.6 Å². The highest BCUT2D eigenvalue weighted by Crippen LogP contribution is 2.39. The van der Waals surface area contributed by atoms with Crippen molar-refractivity contribution in [1.29, 1.82) is 0 Å². The molecule has 3 rings (SSSR count). The number of hydrogen-bond acceptors (Lipinski definition) is 4. The van der Waals surface area contributed by atoms with Gasteiger partial charge in [-0.15, -0.1) is 35.3 Å². The van der Waals surface area contributed by atoms with Crippen LogP contribution in [-0.2, 0) is 9.53 Å². The molecule has 2 unspecified atom stereocenters. The summed E-state index contributed by atoms with van der Waals surface area (Å²) in [5, 5.41) is 9.14. The Balaban J connectivity index is 0.00000280. The van der Waals surface area contributed by atoms with E-state index < -0.39 is 0 Å². The molecule has 8 heteroatoms. The van der Waals surface area contributed by atoms with Crippen molar-refractivity contribution in [3.63, 3.8) is 0 Å². The molecule has 0 bridgehead atoms. The third-order valence-corrected chi connectivity index (χ3v) is 6.60. The van der Waals surface area contributed by atoms with Crippen molar-refractivity contribution in [3.8, 4) is 0 Å². The average Bonchev–Trinajstić information content (AvgIpc) is 3.32. The normalized spacial score (nSPS) is 22.4. The van der Waals surface area contributed by atoms with Gasteiger partial charge in [0.05, 0.1) is 11.6 Å². The van der Waals surface area contributed by atoms with Crippen molar-refractivity contribution in [2.24, 2.45) is 4.99 Å². The zero-order valence-corrected chi connectivity index (χ0v) is 20.2. The number of amides is 1. The molecule has 1 amide bonds. The van der Waals surface area contributed by atoms with Gasteiger partial charge in [-0.1, -0.05) is 18.9 Å². The van der Waals surface area contributed by atoms with Gasteiger partial charge in [-0.25, -0.2) is 4.99 Å². The van der Waals surface area contributed by atoms with E-state index in [9.17, 15) is 4.79 Å². The lowest BCUT2D eigenvalue weighted by Crippen LogP contribution is -2.51. The summed E-state index contributed by atoms with van der Waals surface area (Å²) in [6.45, 7) is 3.06. The Morgan fingerprint density at radius 2 is 2.18 bits per heavy atom. The molecule has 1 spiro atoms. The molecule has 2 fully saturated rings. The summed E-state index contributed by atoms with van der Waals surface area (Å²) < 4.78 is 6.15. The van der Waals surface area contributed by atoms with Crippen LogP contribution < -0.4 is 10.6 Å². The van der Waals surface area contributed by atoms with Crippen molar-refractivity contribution in [3.05, 3.63) is 22.4 Å². The van der Waals surface area contributed by atoms with Crippen molar-refractivity contribution >= 4 is 47.2 Å². The number of aliphatic imine (C=N–C) groups is 1. The van der Waals surface area contributed by atoms with Gasteiger partial charge in [0.1, 0.15) is 6.54 Å². The van der Waals surface area contributed by atoms with E-state index in [0.717, 1.165) is 32.3 Å². The molecule has 6 nitrogen and oxygen atoms in total. The summed E-state index contributed by atoms with van der Waals surface area (Å²) in [5.41, 5.74) is 0.0554. The van der Waals surface area contributed by atoms with E-state index in [0.29, 0.717) is 12.0 Å². The first-order valence-electron chi connectivity index (χ1n) is 9.92. The van der Waals surface area contributed by atoms with Gasteiger partial charge < -0.3 is 20.3 Å². The highest BCUT2D eigenvalue weighted by molar-refractivity contribution is 14.0. The van der Waals surface area contributed by atoms with E-state index in [1.807, 2.05) is 0 Å². The number of likely N-dealkylation sites (N-methyl/N-ethyl adjacent to an activating group) is 1. The van der Waals surface area contributed by atoms with Gasteiger partial charge in [0.15, 0.2) is 5.96 Å². The second-order valence-electron chi connectivity index (χ2n) is 7.91. The lowest BCUT2D eigenvalue weighted by atomic mass is 9.89. The van der Waals surface area contributed by atoms with E-state index in [1.165, 1.54) is 17.7 Å². The van der Waals surface area contributed by atoms with E-state index in [2.05, 4.69) is 40.1 Å². The maximum Gasteiger partial charge on any atom is 0.243 e. The van der Waals surface area contributed by atoms with E-state index >= 15 is 0 Å². The zero-order valence-electron chi connectivity index (χ0n) is 17.1. The zero-order chi connectivity index (χ0) is 19.3. The van der Waals surface area contributed by atoms with Crippen LogP contribution in [-0.4, -0.2) is 55.7 Å². The molecule has 1 saturated heterocycles. The molecule has 0 aromatic carbocycles. The smallest absolute Gasteiger partial charge is 0.243 e. The SMILES string of the molecule is CC(NC(=NCC(=O)N(C)C)NC1CCOC2(CCCC2)C1)c1cccs1.I. The molecule has 158 valence electrons. The minimum Gasteiger partial charge on any atom is -0.375 e. The van der Waals surface area contributed by atoms with Crippen molar-refractivity contribution in [2.45, 2.75) is 63.1 Å². The van der Waals surface area contributed by atoms with Gasteiger partial charge >= 0.3 is 0 Å². The average molecular weight is 520 g/mol. The standard InChI is InChI=1S/C20H32N4O2S.HI/c1-15(17-7-6-12-27-17)22-19(21-14-18(25)24(2)3)23-16-8-11-26-20(13-16)9-4-5-10-20;/h6-7,12,15-16H,4-5,8-11,13-14H2,1-3H3,(H2,21,22,23);1H. The molecular formula is C20H33IN4O2S. The summed E-state index contributed by atoms with van der Waals surface area (Å²) in [4.78, 5) is 19.4. The van der Waals surface area contributed by atoms with Crippen LogP contribution >= 0.6 is 35.3 Å². The Kier molecular flexibility index (Phi) is 9.01. The van der Waals surface area contributed by atoms with Crippen molar-refractivity contribution in [1.82, 2.24) is 15.5 Å². The summed E-state index contributed by atoms with van der Waals surface area (Å²) in [7, 11) is 3.52. The fraction of sp³-hybridized carbons (Fsp3) is 0.700. The topological polar surface area (TPSA) is 66.0 Å². The summed E-state index contributed by atoms with van der Waals surface area (Å²) in [6, 6.07) is 4.65.